The highest BCUT2D eigenvalue weighted by Gasteiger charge is 2.27. The molecule has 1 fully saturated rings. The van der Waals surface area contributed by atoms with Crippen LogP contribution >= 0.6 is 0 Å². The minimum absolute atomic E-state index is 0.130. The van der Waals surface area contributed by atoms with E-state index >= 15 is 0 Å². The predicted molar refractivity (Wildman–Crippen MR) is 71.8 cm³/mol. The summed E-state index contributed by atoms with van der Waals surface area (Å²) >= 11 is 0. The number of aliphatic hydroxyl groups is 1. The number of aliphatic hydroxyl groups excluding tert-OH is 1. The van der Waals surface area contributed by atoms with Crippen molar-refractivity contribution in [3.05, 3.63) is 12.4 Å². The van der Waals surface area contributed by atoms with Gasteiger partial charge in [-0.25, -0.2) is 0 Å². The van der Waals surface area contributed by atoms with Gasteiger partial charge in [-0.3, -0.25) is 9.40 Å². The van der Waals surface area contributed by atoms with E-state index in [-0.39, 0.29) is 12.5 Å². The molecule has 1 aromatic heterocycles. The Bertz CT molecular complexity index is 506. The second-order valence-electron chi connectivity index (χ2n) is 4.72. The third-order valence-corrected chi connectivity index (χ3v) is 4.91. The first-order chi connectivity index (χ1) is 9.05. The van der Waals surface area contributed by atoms with Crippen LogP contribution in [0.15, 0.2) is 12.4 Å². The summed E-state index contributed by atoms with van der Waals surface area (Å²) in [6.07, 6.45) is 4.57. The largest absolute Gasteiger partial charge is 0.396 e. The third kappa shape index (κ3) is 3.46. The van der Waals surface area contributed by atoms with Gasteiger partial charge in [0.2, 0.25) is 0 Å². The summed E-state index contributed by atoms with van der Waals surface area (Å²) in [7, 11) is -3.51. The molecule has 1 saturated heterocycles. The maximum atomic E-state index is 12.2. The van der Waals surface area contributed by atoms with Gasteiger partial charge in [0, 0.05) is 32.4 Å². The summed E-state index contributed by atoms with van der Waals surface area (Å²) in [6, 6.07) is 0. The summed E-state index contributed by atoms with van der Waals surface area (Å²) < 4.78 is 29.9. The molecule has 1 aliphatic heterocycles. The zero-order valence-corrected chi connectivity index (χ0v) is 11.8. The molecule has 2 N–H and O–H groups in total. The summed E-state index contributed by atoms with van der Waals surface area (Å²) in [5, 5.41) is 13.1. The molecule has 0 bridgehead atoms. The van der Waals surface area contributed by atoms with E-state index in [0.717, 1.165) is 0 Å². The standard InChI is InChI=1S/C11H20N4O3S/c1-2-14-8-11(7-12-14)13-19(17,18)15-5-3-10(9-16)4-6-15/h7-8,10,13,16H,2-6,9H2,1H3. The van der Waals surface area contributed by atoms with Crippen molar-refractivity contribution in [3.8, 4) is 0 Å². The average Bonchev–Trinajstić information content (AvgIpc) is 2.85. The van der Waals surface area contributed by atoms with E-state index < -0.39 is 10.2 Å². The van der Waals surface area contributed by atoms with Crippen LogP contribution in [-0.2, 0) is 16.8 Å². The van der Waals surface area contributed by atoms with Crippen molar-refractivity contribution in [3.63, 3.8) is 0 Å². The highest BCUT2D eigenvalue weighted by molar-refractivity contribution is 7.90. The molecule has 0 radical (unpaired) electrons. The average molecular weight is 288 g/mol. The first kappa shape index (κ1) is 14.3. The quantitative estimate of drug-likeness (QED) is 0.814. The van der Waals surface area contributed by atoms with E-state index in [1.165, 1.54) is 10.5 Å². The number of hydrogen-bond acceptors (Lipinski definition) is 4. The highest BCUT2D eigenvalue weighted by atomic mass is 32.2. The first-order valence-electron chi connectivity index (χ1n) is 6.46. The molecular weight excluding hydrogens is 268 g/mol. The van der Waals surface area contributed by atoms with Gasteiger partial charge in [0.15, 0.2) is 0 Å². The molecule has 1 aliphatic rings. The maximum absolute atomic E-state index is 12.2. The first-order valence-corrected chi connectivity index (χ1v) is 7.90. The molecule has 2 rings (SSSR count). The van der Waals surface area contributed by atoms with Gasteiger partial charge in [0.1, 0.15) is 0 Å². The molecule has 0 aromatic carbocycles. The summed E-state index contributed by atoms with van der Waals surface area (Å²) in [5.41, 5.74) is 0.478. The normalized spacial score (nSPS) is 18.6. The Morgan fingerprint density at radius 1 is 1.47 bits per heavy atom. The van der Waals surface area contributed by atoms with Crippen molar-refractivity contribution in [2.75, 3.05) is 24.4 Å². The number of aryl methyl sites for hydroxylation is 1. The molecule has 8 heteroatoms. The van der Waals surface area contributed by atoms with Crippen LogP contribution in [0.3, 0.4) is 0 Å². The number of piperidine rings is 1. The molecule has 0 amide bonds. The van der Waals surface area contributed by atoms with Crippen molar-refractivity contribution in [1.29, 1.82) is 0 Å². The summed E-state index contributed by atoms with van der Waals surface area (Å²) in [4.78, 5) is 0. The lowest BCUT2D eigenvalue weighted by atomic mass is 10.00. The van der Waals surface area contributed by atoms with Crippen LogP contribution in [0.4, 0.5) is 5.69 Å². The smallest absolute Gasteiger partial charge is 0.301 e. The van der Waals surface area contributed by atoms with Gasteiger partial charge in [0.25, 0.3) is 0 Å². The Morgan fingerprint density at radius 2 is 2.16 bits per heavy atom. The molecular formula is C11H20N4O3S. The van der Waals surface area contributed by atoms with Gasteiger partial charge in [-0.1, -0.05) is 0 Å². The molecule has 108 valence electrons. The molecule has 0 spiro atoms. The van der Waals surface area contributed by atoms with Gasteiger partial charge in [0.05, 0.1) is 11.9 Å². The molecule has 7 nitrogen and oxygen atoms in total. The molecule has 0 unspecified atom stereocenters. The fraction of sp³-hybridized carbons (Fsp3) is 0.727. The minimum Gasteiger partial charge on any atom is -0.396 e. The van der Waals surface area contributed by atoms with Crippen molar-refractivity contribution < 1.29 is 13.5 Å². The van der Waals surface area contributed by atoms with Crippen LogP contribution in [0, 0.1) is 5.92 Å². The Labute approximate surface area is 113 Å². The van der Waals surface area contributed by atoms with Crippen LogP contribution in [0.2, 0.25) is 0 Å². The van der Waals surface area contributed by atoms with E-state index in [0.29, 0.717) is 38.2 Å². The lowest BCUT2D eigenvalue weighted by molar-refractivity contribution is 0.170. The van der Waals surface area contributed by atoms with E-state index in [1.807, 2.05) is 6.92 Å². The number of nitrogens with one attached hydrogen (secondary N) is 1. The number of rotatable bonds is 5. The third-order valence-electron chi connectivity index (χ3n) is 3.38. The lowest BCUT2D eigenvalue weighted by Gasteiger charge is -2.30. The van der Waals surface area contributed by atoms with Crippen molar-refractivity contribution in [2.45, 2.75) is 26.3 Å². The summed E-state index contributed by atoms with van der Waals surface area (Å²) in [6.45, 7) is 3.66. The summed E-state index contributed by atoms with van der Waals surface area (Å²) in [5.74, 6) is 0.217. The van der Waals surface area contributed by atoms with Gasteiger partial charge >= 0.3 is 10.2 Å². The number of hydrogen-bond donors (Lipinski definition) is 2. The molecule has 0 saturated carbocycles. The monoisotopic (exact) mass is 288 g/mol. The number of aromatic nitrogens is 2. The maximum Gasteiger partial charge on any atom is 0.301 e. The van der Waals surface area contributed by atoms with Crippen molar-refractivity contribution in [2.24, 2.45) is 5.92 Å². The zero-order valence-electron chi connectivity index (χ0n) is 11.0. The SMILES string of the molecule is CCn1cc(NS(=O)(=O)N2CCC(CO)CC2)cn1. The molecule has 19 heavy (non-hydrogen) atoms. The Morgan fingerprint density at radius 3 is 2.68 bits per heavy atom. The van der Waals surface area contributed by atoms with Crippen LogP contribution < -0.4 is 4.72 Å². The fourth-order valence-corrected chi connectivity index (χ4v) is 3.36. The molecule has 2 heterocycles. The van der Waals surface area contributed by atoms with Gasteiger partial charge < -0.3 is 5.11 Å². The van der Waals surface area contributed by atoms with Crippen LogP contribution in [0.1, 0.15) is 19.8 Å². The van der Waals surface area contributed by atoms with E-state index in [9.17, 15) is 8.42 Å². The number of nitrogens with zero attached hydrogens (tertiary/aromatic N) is 3. The Balaban J connectivity index is 1.98. The Kier molecular flexibility index (Phi) is 4.43. The van der Waals surface area contributed by atoms with E-state index in [1.54, 1.807) is 10.9 Å². The van der Waals surface area contributed by atoms with Gasteiger partial charge in [-0.2, -0.15) is 17.8 Å². The van der Waals surface area contributed by atoms with Gasteiger partial charge in [-0.05, 0) is 25.7 Å². The van der Waals surface area contributed by atoms with E-state index in [2.05, 4.69) is 9.82 Å². The molecule has 1 aromatic rings. The zero-order chi connectivity index (χ0) is 13.9. The van der Waals surface area contributed by atoms with Crippen LogP contribution in [0.25, 0.3) is 0 Å². The second-order valence-corrected chi connectivity index (χ2v) is 6.39. The van der Waals surface area contributed by atoms with Crippen LogP contribution in [0.5, 0.6) is 0 Å². The lowest BCUT2D eigenvalue weighted by Crippen LogP contribution is -2.42. The fourth-order valence-electron chi connectivity index (χ4n) is 2.13. The van der Waals surface area contributed by atoms with Crippen molar-refractivity contribution >= 4 is 15.9 Å². The van der Waals surface area contributed by atoms with Crippen molar-refractivity contribution in [1.82, 2.24) is 14.1 Å². The highest BCUT2D eigenvalue weighted by Crippen LogP contribution is 2.20. The topological polar surface area (TPSA) is 87.5 Å². The number of anilines is 1. The minimum atomic E-state index is -3.51. The van der Waals surface area contributed by atoms with E-state index in [4.69, 9.17) is 5.11 Å². The van der Waals surface area contributed by atoms with Crippen LogP contribution in [-0.4, -0.2) is 47.3 Å². The molecule has 0 aliphatic carbocycles. The Hall–Kier alpha value is -1.12. The van der Waals surface area contributed by atoms with Gasteiger partial charge in [-0.15, -0.1) is 0 Å². The molecule has 0 atom stereocenters. The predicted octanol–water partition coefficient (Wildman–Crippen LogP) is 0.264. The second kappa shape index (κ2) is 5.89.